The maximum atomic E-state index is 11.7. The molecular formula is C14H18N2O3S. The Morgan fingerprint density at radius 1 is 1.55 bits per heavy atom. The number of hydrogen-bond donors (Lipinski definition) is 2. The van der Waals surface area contributed by atoms with Crippen LogP contribution in [-0.2, 0) is 9.59 Å². The lowest BCUT2D eigenvalue weighted by atomic mass is 10.1. The molecule has 20 heavy (non-hydrogen) atoms. The van der Waals surface area contributed by atoms with Crippen molar-refractivity contribution in [2.24, 2.45) is 0 Å². The molecule has 0 saturated carbocycles. The van der Waals surface area contributed by atoms with Gasteiger partial charge in [-0.15, -0.1) is 0 Å². The molecule has 1 heterocycles. The van der Waals surface area contributed by atoms with Gasteiger partial charge in [0.25, 0.3) is 5.91 Å². The molecule has 0 saturated heterocycles. The minimum atomic E-state index is -0.161. The standard InChI is InChI=1S/C14H18N2O3S/c1-9(15-13(17)5-6-20-2)10-3-4-12-11(7-10)16-14(18)8-19-12/h3-4,7,9H,5-6,8H2,1-2H3,(H,15,17)(H,16,18)/t9-/m0/s1. The van der Waals surface area contributed by atoms with Crippen LogP contribution in [0.1, 0.15) is 24.9 Å². The highest BCUT2D eigenvalue weighted by Crippen LogP contribution is 2.30. The van der Waals surface area contributed by atoms with Gasteiger partial charge in [-0.1, -0.05) is 6.07 Å². The Kier molecular flexibility index (Phi) is 4.89. The van der Waals surface area contributed by atoms with Crippen molar-refractivity contribution in [3.8, 4) is 5.75 Å². The van der Waals surface area contributed by atoms with Crippen LogP contribution in [0, 0.1) is 0 Å². The fourth-order valence-electron chi connectivity index (χ4n) is 1.96. The summed E-state index contributed by atoms with van der Waals surface area (Å²) in [4.78, 5) is 23.0. The van der Waals surface area contributed by atoms with Gasteiger partial charge in [0, 0.05) is 12.2 Å². The van der Waals surface area contributed by atoms with Gasteiger partial charge in [-0.05, 0) is 30.9 Å². The van der Waals surface area contributed by atoms with E-state index >= 15 is 0 Å². The molecule has 0 aliphatic carbocycles. The molecule has 1 atom stereocenters. The van der Waals surface area contributed by atoms with Crippen LogP contribution in [0.3, 0.4) is 0 Å². The summed E-state index contributed by atoms with van der Waals surface area (Å²) in [6, 6.07) is 5.45. The predicted octanol–water partition coefficient (Wildman–Crippen LogP) is 1.95. The molecule has 108 valence electrons. The number of benzene rings is 1. The molecular weight excluding hydrogens is 276 g/mol. The normalized spacial score (nSPS) is 14.8. The monoisotopic (exact) mass is 294 g/mol. The van der Waals surface area contributed by atoms with Crippen molar-refractivity contribution in [3.63, 3.8) is 0 Å². The average molecular weight is 294 g/mol. The number of ether oxygens (including phenoxy) is 1. The fourth-order valence-corrected chi connectivity index (χ4v) is 2.35. The summed E-state index contributed by atoms with van der Waals surface area (Å²) in [5.41, 5.74) is 1.59. The van der Waals surface area contributed by atoms with E-state index in [9.17, 15) is 9.59 Å². The molecule has 1 aliphatic heterocycles. The van der Waals surface area contributed by atoms with Gasteiger partial charge in [0.2, 0.25) is 5.91 Å². The first-order valence-electron chi connectivity index (χ1n) is 6.45. The zero-order valence-electron chi connectivity index (χ0n) is 11.6. The van der Waals surface area contributed by atoms with E-state index in [1.165, 1.54) is 0 Å². The molecule has 1 aromatic carbocycles. The third-order valence-electron chi connectivity index (χ3n) is 3.05. The number of nitrogens with one attached hydrogen (secondary N) is 2. The van der Waals surface area contributed by atoms with Gasteiger partial charge in [0.15, 0.2) is 6.61 Å². The van der Waals surface area contributed by atoms with Crippen LogP contribution in [-0.4, -0.2) is 30.4 Å². The van der Waals surface area contributed by atoms with Gasteiger partial charge in [0.05, 0.1) is 11.7 Å². The van der Waals surface area contributed by atoms with E-state index in [2.05, 4.69) is 10.6 Å². The second kappa shape index (κ2) is 6.65. The molecule has 1 aliphatic rings. The Bertz CT molecular complexity index is 519. The van der Waals surface area contributed by atoms with E-state index in [0.717, 1.165) is 11.3 Å². The summed E-state index contributed by atoms with van der Waals surface area (Å²) in [5, 5.41) is 5.71. The largest absolute Gasteiger partial charge is 0.482 e. The first kappa shape index (κ1) is 14.7. The average Bonchev–Trinajstić information content (AvgIpc) is 2.44. The molecule has 5 nitrogen and oxygen atoms in total. The summed E-state index contributed by atoms with van der Waals surface area (Å²) in [5.74, 6) is 1.34. The lowest BCUT2D eigenvalue weighted by Gasteiger charge is -2.21. The van der Waals surface area contributed by atoms with E-state index in [1.807, 2.05) is 31.4 Å². The summed E-state index contributed by atoms with van der Waals surface area (Å²) in [6.45, 7) is 1.97. The molecule has 0 aromatic heterocycles. The highest BCUT2D eigenvalue weighted by molar-refractivity contribution is 7.98. The van der Waals surface area contributed by atoms with E-state index in [1.54, 1.807) is 11.8 Å². The lowest BCUT2D eigenvalue weighted by Crippen LogP contribution is -2.28. The van der Waals surface area contributed by atoms with Crippen LogP contribution in [0.4, 0.5) is 5.69 Å². The number of carbonyl (C=O) groups excluding carboxylic acids is 2. The van der Waals surface area contributed by atoms with Crippen LogP contribution < -0.4 is 15.4 Å². The van der Waals surface area contributed by atoms with Crippen molar-refractivity contribution in [2.45, 2.75) is 19.4 Å². The number of carbonyl (C=O) groups is 2. The Labute approximate surface area is 122 Å². The molecule has 2 amide bonds. The highest BCUT2D eigenvalue weighted by atomic mass is 32.2. The number of anilines is 1. The first-order chi connectivity index (χ1) is 9.60. The Morgan fingerprint density at radius 3 is 3.10 bits per heavy atom. The smallest absolute Gasteiger partial charge is 0.262 e. The molecule has 2 rings (SSSR count). The van der Waals surface area contributed by atoms with Gasteiger partial charge in [-0.3, -0.25) is 9.59 Å². The topological polar surface area (TPSA) is 67.4 Å². The van der Waals surface area contributed by atoms with Crippen LogP contribution in [0.2, 0.25) is 0 Å². The molecule has 0 bridgehead atoms. The molecule has 0 unspecified atom stereocenters. The predicted molar refractivity (Wildman–Crippen MR) is 80.1 cm³/mol. The number of hydrogen-bond acceptors (Lipinski definition) is 4. The van der Waals surface area contributed by atoms with Gasteiger partial charge in [-0.25, -0.2) is 0 Å². The second-order valence-electron chi connectivity index (χ2n) is 4.62. The van der Waals surface area contributed by atoms with Crippen molar-refractivity contribution in [2.75, 3.05) is 23.9 Å². The molecule has 0 spiro atoms. The molecule has 1 aromatic rings. The van der Waals surface area contributed by atoms with Crippen molar-refractivity contribution in [1.82, 2.24) is 5.32 Å². The maximum absolute atomic E-state index is 11.7. The number of thioether (sulfide) groups is 1. The van der Waals surface area contributed by atoms with E-state index in [4.69, 9.17) is 4.74 Å². The van der Waals surface area contributed by atoms with Gasteiger partial charge >= 0.3 is 0 Å². The maximum Gasteiger partial charge on any atom is 0.262 e. The second-order valence-corrected chi connectivity index (χ2v) is 5.61. The highest BCUT2D eigenvalue weighted by Gasteiger charge is 2.18. The van der Waals surface area contributed by atoms with Gasteiger partial charge in [0.1, 0.15) is 5.75 Å². The Morgan fingerprint density at radius 2 is 2.35 bits per heavy atom. The summed E-state index contributed by atoms with van der Waals surface area (Å²) < 4.78 is 5.30. The van der Waals surface area contributed by atoms with Crippen LogP contribution in [0.5, 0.6) is 5.75 Å². The lowest BCUT2D eigenvalue weighted by molar-refractivity contribution is -0.121. The molecule has 6 heteroatoms. The summed E-state index contributed by atoms with van der Waals surface area (Å²) >= 11 is 1.65. The number of fused-ring (bicyclic) bond motifs is 1. The Balaban J connectivity index is 2.03. The molecule has 0 radical (unpaired) electrons. The molecule has 0 fully saturated rings. The summed E-state index contributed by atoms with van der Waals surface area (Å²) in [6.07, 6.45) is 2.49. The SMILES string of the molecule is CSCCC(=O)N[C@@H](C)c1ccc2c(c1)NC(=O)CO2. The van der Waals surface area contributed by atoms with E-state index in [-0.39, 0.29) is 24.5 Å². The van der Waals surface area contributed by atoms with Crippen LogP contribution >= 0.6 is 11.8 Å². The van der Waals surface area contributed by atoms with E-state index in [0.29, 0.717) is 17.9 Å². The third kappa shape index (κ3) is 3.66. The van der Waals surface area contributed by atoms with Crippen molar-refractivity contribution >= 4 is 29.3 Å². The minimum absolute atomic E-state index is 0.0323. The quantitative estimate of drug-likeness (QED) is 0.871. The third-order valence-corrected chi connectivity index (χ3v) is 3.66. The van der Waals surface area contributed by atoms with Crippen LogP contribution in [0.25, 0.3) is 0 Å². The minimum Gasteiger partial charge on any atom is -0.482 e. The van der Waals surface area contributed by atoms with Crippen molar-refractivity contribution in [3.05, 3.63) is 23.8 Å². The number of rotatable bonds is 5. The van der Waals surface area contributed by atoms with Gasteiger partial charge < -0.3 is 15.4 Å². The first-order valence-corrected chi connectivity index (χ1v) is 7.84. The Hall–Kier alpha value is -1.69. The summed E-state index contributed by atoms with van der Waals surface area (Å²) in [7, 11) is 0. The van der Waals surface area contributed by atoms with Crippen molar-refractivity contribution < 1.29 is 14.3 Å². The fraction of sp³-hybridized carbons (Fsp3) is 0.429. The molecule has 2 N–H and O–H groups in total. The van der Waals surface area contributed by atoms with E-state index < -0.39 is 0 Å². The van der Waals surface area contributed by atoms with Crippen LogP contribution in [0.15, 0.2) is 18.2 Å². The zero-order valence-corrected chi connectivity index (χ0v) is 12.4. The zero-order chi connectivity index (χ0) is 14.5. The van der Waals surface area contributed by atoms with Gasteiger partial charge in [-0.2, -0.15) is 11.8 Å². The van der Waals surface area contributed by atoms with Crippen molar-refractivity contribution in [1.29, 1.82) is 0 Å². The number of amides is 2.